The van der Waals surface area contributed by atoms with Gasteiger partial charge in [0.25, 0.3) is 5.91 Å². The summed E-state index contributed by atoms with van der Waals surface area (Å²) in [4.78, 5) is 17.7. The molecule has 1 heterocycles. The number of halogens is 3. The molecule has 1 aromatic heterocycles. The Balaban J connectivity index is 1.64. The Bertz CT molecular complexity index is 1060. The van der Waals surface area contributed by atoms with Crippen LogP contribution in [0.4, 0.5) is 8.78 Å². The molecule has 0 bridgehead atoms. The Kier molecular flexibility index (Phi) is 5.42. The molecule has 1 aromatic carbocycles. The second-order valence-corrected chi connectivity index (χ2v) is 8.42. The number of nitrogens with one attached hydrogen (secondary N) is 1. The van der Waals surface area contributed by atoms with Crippen LogP contribution in [0.15, 0.2) is 34.8 Å². The van der Waals surface area contributed by atoms with E-state index < -0.39 is 23.3 Å². The van der Waals surface area contributed by atoms with Crippen molar-refractivity contribution in [2.45, 2.75) is 38.2 Å². The van der Waals surface area contributed by atoms with Gasteiger partial charge in [-0.05, 0) is 49.8 Å². The van der Waals surface area contributed by atoms with Gasteiger partial charge in [-0.3, -0.25) is 4.79 Å². The second kappa shape index (κ2) is 7.85. The fraction of sp³-hybridized carbons (Fsp3) is 0.300. The van der Waals surface area contributed by atoms with E-state index in [0.29, 0.717) is 29.5 Å². The van der Waals surface area contributed by atoms with E-state index in [-0.39, 0.29) is 28.5 Å². The number of carbonyl (C=O) groups excluding carboxylic acids is 1. The van der Waals surface area contributed by atoms with Crippen LogP contribution in [0.5, 0.6) is 5.75 Å². The zero-order chi connectivity index (χ0) is 20.7. The SMILES string of the molecule is O=C(NC1=C(Cl)CCC=C1F)c1cc(F)c(-c2nc(CO)c(C3CC3)s2)cc1O. The van der Waals surface area contributed by atoms with Gasteiger partial charge in [-0.25, -0.2) is 13.8 Å². The molecular weight excluding hydrogens is 422 g/mol. The number of carbonyl (C=O) groups is 1. The van der Waals surface area contributed by atoms with E-state index in [4.69, 9.17) is 11.6 Å². The van der Waals surface area contributed by atoms with Gasteiger partial charge >= 0.3 is 0 Å². The number of aromatic nitrogens is 1. The number of aliphatic hydroxyl groups is 1. The molecule has 0 aliphatic heterocycles. The summed E-state index contributed by atoms with van der Waals surface area (Å²) in [6.07, 6.45) is 4.11. The number of aromatic hydroxyl groups is 1. The number of thiazole rings is 1. The number of allylic oxidation sites excluding steroid dienone is 3. The molecule has 0 atom stereocenters. The quantitative estimate of drug-likeness (QED) is 0.623. The molecule has 1 fully saturated rings. The van der Waals surface area contributed by atoms with Gasteiger partial charge in [-0.1, -0.05) is 11.6 Å². The van der Waals surface area contributed by atoms with Gasteiger partial charge in [0.15, 0.2) is 0 Å². The summed E-state index contributed by atoms with van der Waals surface area (Å²) in [7, 11) is 0. The largest absolute Gasteiger partial charge is 0.507 e. The van der Waals surface area contributed by atoms with Crippen molar-refractivity contribution in [1.82, 2.24) is 10.3 Å². The van der Waals surface area contributed by atoms with Gasteiger partial charge < -0.3 is 15.5 Å². The molecule has 2 aliphatic carbocycles. The van der Waals surface area contributed by atoms with Gasteiger partial charge in [0.1, 0.15) is 22.4 Å². The van der Waals surface area contributed by atoms with Gasteiger partial charge in [0.05, 0.1) is 23.6 Å². The number of aliphatic hydroxyl groups excluding tert-OH is 1. The molecule has 0 saturated heterocycles. The second-order valence-electron chi connectivity index (χ2n) is 6.94. The number of phenolic OH excluding ortho intramolecular Hbond substituents is 1. The fourth-order valence-corrected chi connectivity index (χ4v) is 4.66. The maximum atomic E-state index is 14.8. The average Bonchev–Trinajstić information content (AvgIpc) is 3.45. The number of benzene rings is 1. The predicted octanol–water partition coefficient (Wildman–Crippen LogP) is 4.85. The Morgan fingerprint density at radius 1 is 1.34 bits per heavy atom. The van der Waals surface area contributed by atoms with Crippen molar-refractivity contribution >= 4 is 28.8 Å². The van der Waals surface area contributed by atoms with E-state index in [1.807, 2.05) is 0 Å². The zero-order valence-electron chi connectivity index (χ0n) is 15.1. The highest BCUT2D eigenvalue weighted by molar-refractivity contribution is 7.15. The van der Waals surface area contributed by atoms with E-state index in [1.165, 1.54) is 17.4 Å². The highest BCUT2D eigenvalue weighted by atomic mass is 35.5. The van der Waals surface area contributed by atoms with Crippen LogP contribution < -0.4 is 5.32 Å². The molecule has 152 valence electrons. The number of phenols is 1. The highest BCUT2D eigenvalue weighted by Gasteiger charge is 2.30. The minimum atomic E-state index is -0.875. The summed E-state index contributed by atoms with van der Waals surface area (Å²) in [6.45, 7) is -0.245. The van der Waals surface area contributed by atoms with Crippen molar-refractivity contribution < 1.29 is 23.8 Å². The first kappa shape index (κ1) is 20.0. The van der Waals surface area contributed by atoms with Gasteiger partial charge in [0, 0.05) is 15.5 Å². The molecule has 0 radical (unpaired) electrons. The molecule has 29 heavy (non-hydrogen) atoms. The summed E-state index contributed by atoms with van der Waals surface area (Å²) < 4.78 is 28.7. The number of hydrogen-bond acceptors (Lipinski definition) is 5. The molecule has 4 rings (SSSR count). The van der Waals surface area contributed by atoms with E-state index in [2.05, 4.69) is 10.3 Å². The third-order valence-electron chi connectivity index (χ3n) is 4.82. The van der Waals surface area contributed by atoms with Crippen molar-refractivity contribution in [2.24, 2.45) is 0 Å². The monoisotopic (exact) mass is 438 g/mol. The standard InChI is InChI=1S/C20H17ClF2N2O3S/c21-12-2-1-3-13(22)17(12)25-19(28)11-6-14(23)10(7-16(11)27)20-24-15(8-26)18(29-20)9-4-5-9/h3,6-7,9,26-27H,1-2,4-5,8H2,(H,25,28). The summed E-state index contributed by atoms with van der Waals surface area (Å²) in [5, 5.41) is 22.6. The van der Waals surface area contributed by atoms with Crippen molar-refractivity contribution in [1.29, 1.82) is 0 Å². The molecule has 0 unspecified atom stereocenters. The van der Waals surface area contributed by atoms with Crippen LogP contribution in [0.2, 0.25) is 0 Å². The first-order valence-corrected chi connectivity index (χ1v) is 10.3. The normalized spacial score (nSPS) is 16.8. The maximum absolute atomic E-state index is 14.8. The Labute approximate surface area is 174 Å². The third-order valence-corrected chi connectivity index (χ3v) is 6.49. The number of amides is 1. The summed E-state index contributed by atoms with van der Waals surface area (Å²) in [5.74, 6) is -2.43. The van der Waals surface area contributed by atoms with E-state index >= 15 is 0 Å². The molecule has 1 saturated carbocycles. The van der Waals surface area contributed by atoms with Crippen LogP contribution in [-0.4, -0.2) is 21.1 Å². The van der Waals surface area contributed by atoms with E-state index in [1.54, 1.807) is 0 Å². The van der Waals surface area contributed by atoms with Gasteiger partial charge in [-0.15, -0.1) is 11.3 Å². The lowest BCUT2D eigenvalue weighted by atomic mass is 10.1. The Hall–Kier alpha value is -2.29. The lowest BCUT2D eigenvalue weighted by molar-refractivity contribution is 0.0961. The van der Waals surface area contributed by atoms with Crippen LogP contribution in [0.1, 0.15) is 52.5 Å². The highest BCUT2D eigenvalue weighted by Crippen LogP contribution is 2.46. The van der Waals surface area contributed by atoms with Crippen LogP contribution in [0.3, 0.4) is 0 Å². The molecular formula is C20H17ClF2N2O3S. The Morgan fingerprint density at radius 2 is 2.10 bits per heavy atom. The number of nitrogens with zero attached hydrogens (tertiary/aromatic N) is 1. The minimum Gasteiger partial charge on any atom is -0.507 e. The lowest BCUT2D eigenvalue weighted by Crippen LogP contribution is -2.25. The first-order chi connectivity index (χ1) is 13.9. The maximum Gasteiger partial charge on any atom is 0.259 e. The van der Waals surface area contributed by atoms with Crippen molar-refractivity contribution in [3.8, 4) is 16.3 Å². The summed E-state index contributed by atoms with van der Waals surface area (Å²) in [5.41, 5.74) is 0.0253. The van der Waals surface area contributed by atoms with Gasteiger partial charge in [0.2, 0.25) is 0 Å². The minimum absolute atomic E-state index is 0.0339. The van der Waals surface area contributed by atoms with Gasteiger partial charge in [-0.2, -0.15) is 0 Å². The van der Waals surface area contributed by atoms with E-state index in [9.17, 15) is 23.8 Å². The first-order valence-electron chi connectivity index (χ1n) is 9.08. The molecule has 9 heteroatoms. The van der Waals surface area contributed by atoms with Crippen molar-refractivity contribution in [2.75, 3.05) is 0 Å². The average molecular weight is 439 g/mol. The van der Waals surface area contributed by atoms with Crippen LogP contribution in [-0.2, 0) is 6.61 Å². The topological polar surface area (TPSA) is 82.5 Å². The molecule has 3 N–H and O–H groups in total. The number of rotatable bonds is 5. The van der Waals surface area contributed by atoms with E-state index in [0.717, 1.165) is 29.9 Å². The third kappa shape index (κ3) is 3.92. The summed E-state index contributed by atoms with van der Waals surface area (Å²) >= 11 is 7.24. The molecule has 5 nitrogen and oxygen atoms in total. The smallest absolute Gasteiger partial charge is 0.259 e. The molecule has 1 amide bonds. The molecule has 2 aliphatic rings. The van der Waals surface area contributed by atoms with Crippen molar-refractivity contribution in [3.05, 3.63) is 56.7 Å². The van der Waals surface area contributed by atoms with Crippen LogP contribution in [0, 0.1) is 5.82 Å². The van der Waals surface area contributed by atoms with Crippen LogP contribution in [0.25, 0.3) is 10.6 Å². The molecule has 0 spiro atoms. The molecule has 2 aromatic rings. The Morgan fingerprint density at radius 3 is 2.76 bits per heavy atom. The lowest BCUT2D eigenvalue weighted by Gasteiger charge is -2.15. The summed E-state index contributed by atoms with van der Waals surface area (Å²) in [6, 6.07) is 2.00. The zero-order valence-corrected chi connectivity index (χ0v) is 16.7. The van der Waals surface area contributed by atoms with Crippen LogP contribution >= 0.6 is 22.9 Å². The number of hydrogen-bond donors (Lipinski definition) is 3. The predicted molar refractivity (Wildman–Crippen MR) is 106 cm³/mol. The van der Waals surface area contributed by atoms with Crippen molar-refractivity contribution in [3.63, 3.8) is 0 Å². The fourth-order valence-electron chi connectivity index (χ4n) is 3.15.